The van der Waals surface area contributed by atoms with Gasteiger partial charge in [0.25, 0.3) is 0 Å². The molecule has 0 aromatic heterocycles. The molecule has 0 heterocycles. The SMILES string of the molecule is CC(C)(C)c1ccc(C(=O)c2c(Cl)cc(O)c(O)c2O)cc1. The molecule has 0 fully saturated rings. The minimum Gasteiger partial charge on any atom is -0.504 e. The van der Waals surface area contributed by atoms with Gasteiger partial charge < -0.3 is 15.3 Å². The first kappa shape index (κ1) is 16.2. The summed E-state index contributed by atoms with van der Waals surface area (Å²) in [5.74, 6) is -2.60. The quantitative estimate of drug-likeness (QED) is 0.577. The number of phenolic OH excluding ortho intramolecular Hbond substituents is 3. The Balaban J connectivity index is 2.47. The molecular weight excluding hydrogens is 304 g/mol. The van der Waals surface area contributed by atoms with Crippen molar-refractivity contribution in [3.05, 3.63) is 52.0 Å². The largest absolute Gasteiger partial charge is 0.504 e. The Labute approximate surface area is 133 Å². The van der Waals surface area contributed by atoms with Crippen LogP contribution in [-0.4, -0.2) is 21.1 Å². The number of carbonyl (C=O) groups excluding carboxylic acids is 1. The van der Waals surface area contributed by atoms with Crippen LogP contribution in [0.1, 0.15) is 42.3 Å². The van der Waals surface area contributed by atoms with Crippen LogP contribution in [0.25, 0.3) is 0 Å². The summed E-state index contributed by atoms with van der Waals surface area (Å²) in [6.07, 6.45) is 0. The Morgan fingerprint density at radius 1 is 1.00 bits per heavy atom. The molecule has 0 bridgehead atoms. The van der Waals surface area contributed by atoms with E-state index in [1.807, 2.05) is 12.1 Å². The maximum absolute atomic E-state index is 12.5. The van der Waals surface area contributed by atoms with Crippen LogP contribution in [0.4, 0.5) is 0 Å². The van der Waals surface area contributed by atoms with Crippen molar-refractivity contribution >= 4 is 17.4 Å². The highest BCUT2D eigenvalue weighted by Gasteiger charge is 2.23. The zero-order valence-electron chi connectivity index (χ0n) is 12.5. The Hall–Kier alpha value is -2.20. The normalized spacial score (nSPS) is 11.5. The van der Waals surface area contributed by atoms with Crippen molar-refractivity contribution in [2.24, 2.45) is 0 Å². The summed E-state index contributed by atoms with van der Waals surface area (Å²) in [6.45, 7) is 6.18. The van der Waals surface area contributed by atoms with Gasteiger partial charge in [0, 0.05) is 11.6 Å². The molecule has 0 spiro atoms. The van der Waals surface area contributed by atoms with Crippen molar-refractivity contribution < 1.29 is 20.1 Å². The third-order valence-electron chi connectivity index (χ3n) is 3.45. The summed E-state index contributed by atoms with van der Waals surface area (Å²) in [6, 6.07) is 7.97. The number of ketones is 1. The van der Waals surface area contributed by atoms with Crippen molar-refractivity contribution in [1.29, 1.82) is 0 Å². The molecule has 0 saturated heterocycles. The lowest BCUT2D eigenvalue weighted by Gasteiger charge is -2.19. The lowest BCUT2D eigenvalue weighted by Crippen LogP contribution is -2.11. The Morgan fingerprint density at radius 2 is 1.55 bits per heavy atom. The van der Waals surface area contributed by atoms with Gasteiger partial charge in [-0.3, -0.25) is 4.79 Å². The van der Waals surface area contributed by atoms with Gasteiger partial charge in [0.2, 0.25) is 5.75 Å². The topological polar surface area (TPSA) is 77.8 Å². The van der Waals surface area contributed by atoms with Crippen molar-refractivity contribution in [2.45, 2.75) is 26.2 Å². The molecule has 0 aliphatic heterocycles. The van der Waals surface area contributed by atoms with E-state index in [0.717, 1.165) is 11.6 Å². The third-order valence-corrected chi connectivity index (χ3v) is 3.74. The van der Waals surface area contributed by atoms with Gasteiger partial charge in [-0.2, -0.15) is 0 Å². The number of benzene rings is 2. The van der Waals surface area contributed by atoms with Crippen molar-refractivity contribution in [3.63, 3.8) is 0 Å². The second kappa shape index (κ2) is 5.54. The minimum absolute atomic E-state index is 0.0435. The number of halogens is 1. The fraction of sp³-hybridized carbons (Fsp3) is 0.235. The number of hydrogen-bond acceptors (Lipinski definition) is 4. The summed E-state index contributed by atoms with van der Waals surface area (Å²) in [7, 11) is 0. The van der Waals surface area contributed by atoms with E-state index in [1.165, 1.54) is 0 Å². The fourth-order valence-corrected chi connectivity index (χ4v) is 2.37. The molecule has 116 valence electrons. The zero-order valence-corrected chi connectivity index (χ0v) is 13.3. The molecule has 5 heteroatoms. The van der Waals surface area contributed by atoms with E-state index in [-0.39, 0.29) is 16.0 Å². The summed E-state index contributed by atoms with van der Waals surface area (Å²) in [5, 5.41) is 28.7. The van der Waals surface area contributed by atoms with Gasteiger partial charge >= 0.3 is 0 Å². The smallest absolute Gasteiger partial charge is 0.201 e. The van der Waals surface area contributed by atoms with Gasteiger partial charge in [-0.1, -0.05) is 56.6 Å². The molecule has 3 N–H and O–H groups in total. The standard InChI is InChI=1S/C17H17ClO4/c1-17(2,3)10-6-4-9(5-7-10)14(20)13-11(18)8-12(19)15(21)16(13)22/h4-8,19,21-22H,1-3H3. The van der Waals surface area contributed by atoms with Crippen LogP contribution >= 0.6 is 11.6 Å². The van der Waals surface area contributed by atoms with E-state index in [2.05, 4.69) is 20.8 Å². The summed E-state index contributed by atoms with van der Waals surface area (Å²) >= 11 is 5.90. The first-order valence-electron chi connectivity index (χ1n) is 6.71. The average molecular weight is 321 g/mol. The molecule has 0 saturated carbocycles. The van der Waals surface area contributed by atoms with Crippen LogP contribution in [0, 0.1) is 0 Å². The van der Waals surface area contributed by atoms with Crippen LogP contribution in [0.3, 0.4) is 0 Å². The zero-order chi connectivity index (χ0) is 16.7. The molecule has 0 aliphatic carbocycles. The molecule has 2 rings (SSSR count). The van der Waals surface area contributed by atoms with Gasteiger partial charge in [0.05, 0.1) is 10.6 Å². The molecule has 0 atom stereocenters. The third kappa shape index (κ3) is 2.88. The predicted molar refractivity (Wildman–Crippen MR) is 85.0 cm³/mol. The highest BCUT2D eigenvalue weighted by atomic mass is 35.5. The summed E-state index contributed by atoms with van der Waals surface area (Å²) < 4.78 is 0. The summed E-state index contributed by atoms with van der Waals surface area (Å²) in [5.41, 5.74) is 1.11. The van der Waals surface area contributed by atoms with Gasteiger partial charge in [-0.25, -0.2) is 0 Å². The van der Waals surface area contributed by atoms with Gasteiger partial charge in [0.1, 0.15) is 0 Å². The highest BCUT2D eigenvalue weighted by molar-refractivity contribution is 6.35. The van der Waals surface area contributed by atoms with Crippen LogP contribution < -0.4 is 0 Å². The number of phenols is 3. The van der Waals surface area contributed by atoms with E-state index in [1.54, 1.807) is 12.1 Å². The van der Waals surface area contributed by atoms with Gasteiger partial charge in [-0.15, -0.1) is 0 Å². The minimum atomic E-state index is -0.765. The van der Waals surface area contributed by atoms with E-state index >= 15 is 0 Å². The van der Waals surface area contributed by atoms with Crippen LogP contribution in [0.2, 0.25) is 5.02 Å². The Morgan fingerprint density at radius 3 is 2.05 bits per heavy atom. The van der Waals surface area contributed by atoms with Crippen molar-refractivity contribution in [2.75, 3.05) is 0 Å². The van der Waals surface area contributed by atoms with Crippen LogP contribution in [0.5, 0.6) is 17.2 Å². The van der Waals surface area contributed by atoms with E-state index in [0.29, 0.717) is 5.56 Å². The average Bonchev–Trinajstić information content (AvgIpc) is 2.44. The number of hydrogen-bond donors (Lipinski definition) is 3. The second-order valence-corrected chi connectivity index (χ2v) is 6.51. The molecule has 0 unspecified atom stereocenters. The van der Waals surface area contributed by atoms with E-state index in [4.69, 9.17) is 11.6 Å². The molecule has 0 amide bonds. The molecule has 0 aliphatic rings. The molecule has 0 radical (unpaired) electrons. The first-order chi connectivity index (χ1) is 10.1. The molecule has 4 nitrogen and oxygen atoms in total. The van der Waals surface area contributed by atoms with Gasteiger partial charge in [0.15, 0.2) is 17.3 Å². The fourth-order valence-electron chi connectivity index (χ4n) is 2.10. The first-order valence-corrected chi connectivity index (χ1v) is 7.09. The number of aromatic hydroxyl groups is 3. The molecule has 2 aromatic rings. The van der Waals surface area contributed by atoms with Crippen LogP contribution in [0.15, 0.2) is 30.3 Å². The van der Waals surface area contributed by atoms with Crippen molar-refractivity contribution in [3.8, 4) is 17.2 Å². The molecular formula is C17H17ClO4. The molecule has 22 heavy (non-hydrogen) atoms. The summed E-state index contributed by atoms with van der Waals surface area (Å²) in [4.78, 5) is 12.5. The number of rotatable bonds is 2. The maximum Gasteiger partial charge on any atom is 0.201 e. The lowest BCUT2D eigenvalue weighted by molar-refractivity contribution is 0.103. The van der Waals surface area contributed by atoms with Gasteiger partial charge in [-0.05, 0) is 11.0 Å². The Bertz CT molecular complexity index is 728. The van der Waals surface area contributed by atoms with E-state index < -0.39 is 23.0 Å². The lowest BCUT2D eigenvalue weighted by atomic mass is 9.86. The monoisotopic (exact) mass is 320 g/mol. The number of carbonyl (C=O) groups is 1. The molecule has 2 aromatic carbocycles. The predicted octanol–water partition coefficient (Wildman–Crippen LogP) is 3.99. The van der Waals surface area contributed by atoms with Crippen LogP contribution in [-0.2, 0) is 5.41 Å². The highest BCUT2D eigenvalue weighted by Crippen LogP contribution is 2.42. The second-order valence-electron chi connectivity index (χ2n) is 6.11. The van der Waals surface area contributed by atoms with E-state index in [9.17, 15) is 20.1 Å². The maximum atomic E-state index is 12.5. The Kier molecular flexibility index (Phi) is 4.07. The van der Waals surface area contributed by atoms with Crippen molar-refractivity contribution in [1.82, 2.24) is 0 Å².